The second-order valence-corrected chi connectivity index (χ2v) is 5.49. The number of ether oxygens (including phenoxy) is 2. The van der Waals surface area contributed by atoms with Gasteiger partial charge >= 0.3 is 0 Å². The van der Waals surface area contributed by atoms with Crippen LogP contribution in [0.3, 0.4) is 0 Å². The third-order valence-corrected chi connectivity index (χ3v) is 3.23. The van der Waals surface area contributed by atoms with Crippen LogP contribution in [0.25, 0.3) is 0 Å². The fourth-order valence-corrected chi connectivity index (χ4v) is 2.10. The van der Waals surface area contributed by atoms with Gasteiger partial charge in [-0.05, 0) is 45.2 Å². The number of hydrogen-bond donors (Lipinski definition) is 1. The maximum Gasteiger partial charge on any atom is 0.157 e. The quantitative estimate of drug-likeness (QED) is 0.888. The van der Waals surface area contributed by atoms with Crippen LogP contribution in [-0.4, -0.2) is 29.6 Å². The second kappa shape index (κ2) is 6.46. The monoisotopic (exact) mass is 265 g/mol. The molecule has 0 aromatic carbocycles. The third-order valence-electron chi connectivity index (χ3n) is 3.23. The minimum absolute atomic E-state index is 0.0498. The van der Waals surface area contributed by atoms with E-state index in [9.17, 15) is 5.11 Å². The maximum absolute atomic E-state index is 9.93. The highest BCUT2D eigenvalue weighted by molar-refractivity contribution is 5.15. The number of hydrogen-bond acceptors (Lipinski definition) is 4. The van der Waals surface area contributed by atoms with Crippen LogP contribution in [0.2, 0.25) is 0 Å². The Bertz CT molecular complexity index is 395. The molecule has 1 aliphatic heterocycles. The first kappa shape index (κ1) is 14.4. The van der Waals surface area contributed by atoms with Crippen molar-refractivity contribution in [2.75, 3.05) is 13.2 Å². The lowest BCUT2D eigenvalue weighted by molar-refractivity contribution is -0.161. The summed E-state index contributed by atoms with van der Waals surface area (Å²) in [6, 6.07) is 5.72. The first-order valence-electron chi connectivity index (χ1n) is 6.98. The molecule has 4 nitrogen and oxygen atoms in total. The van der Waals surface area contributed by atoms with Gasteiger partial charge in [-0.3, -0.25) is 4.98 Å². The molecule has 0 bridgehead atoms. The van der Waals surface area contributed by atoms with Gasteiger partial charge < -0.3 is 14.6 Å². The lowest BCUT2D eigenvalue weighted by atomic mass is 10.0. The van der Waals surface area contributed by atoms with Crippen LogP contribution in [0, 0.1) is 0 Å². The highest BCUT2D eigenvalue weighted by atomic mass is 16.7. The Morgan fingerprint density at radius 3 is 2.95 bits per heavy atom. The zero-order chi connectivity index (χ0) is 13.7. The van der Waals surface area contributed by atoms with E-state index in [0.717, 1.165) is 31.6 Å². The molecule has 0 spiro atoms. The van der Waals surface area contributed by atoms with Crippen molar-refractivity contribution >= 4 is 0 Å². The van der Waals surface area contributed by atoms with E-state index in [2.05, 4.69) is 4.98 Å². The van der Waals surface area contributed by atoms with E-state index in [1.807, 2.05) is 18.2 Å². The molecule has 1 atom stereocenters. The standard InChI is InChI=1S/C15H23NO3/c1-15(2,17)13-7-5-6-12(16-13)9-11-19-14-8-3-4-10-18-14/h5-7,14,17H,3-4,8-11H2,1-2H3. The number of rotatable bonds is 5. The summed E-state index contributed by atoms with van der Waals surface area (Å²) in [5, 5.41) is 9.93. The number of aromatic nitrogens is 1. The predicted molar refractivity (Wildman–Crippen MR) is 72.7 cm³/mol. The highest BCUT2D eigenvalue weighted by Crippen LogP contribution is 2.18. The van der Waals surface area contributed by atoms with E-state index in [4.69, 9.17) is 9.47 Å². The van der Waals surface area contributed by atoms with Crippen molar-refractivity contribution in [1.29, 1.82) is 0 Å². The number of aliphatic hydroxyl groups is 1. The van der Waals surface area contributed by atoms with E-state index in [1.165, 1.54) is 6.42 Å². The molecule has 1 saturated heterocycles. The predicted octanol–water partition coefficient (Wildman–Crippen LogP) is 2.39. The van der Waals surface area contributed by atoms with Crippen molar-refractivity contribution in [2.45, 2.75) is 51.4 Å². The van der Waals surface area contributed by atoms with Gasteiger partial charge in [0.05, 0.1) is 12.3 Å². The van der Waals surface area contributed by atoms with E-state index in [-0.39, 0.29) is 6.29 Å². The largest absolute Gasteiger partial charge is 0.384 e. The van der Waals surface area contributed by atoms with Gasteiger partial charge in [0.25, 0.3) is 0 Å². The summed E-state index contributed by atoms with van der Waals surface area (Å²) in [5.41, 5.74) is 0.734. The lowest BCUT2D eigenvalue weighted by Crippen LogP contribution is -2.23. The van der Waals surface area contributed by atoms with Gasteiger partial charge in [-0.2, -0.15) is 0 Å². The smallest absolute Gasteiger partial charge is 0.157 e. The Labute approximate surface area is 114 Å². The van der Waals surface area contributed by atoms with Crippen LogP contribution in [0.15, 0.2) is 18.2 Å². The SMILES string of the molecule is CC(C)(O)c1cccc(CCOC2CCCCO2)n1. The molecule has 1 aromatic heterocycles. The Kier molecular flexibility index (Phi) is 4.91. The average Bonchev–Trinajstić information content (AvgIpc) is 2.39. The Hall–Kier alpha value is -0.970. The van der Waals surface area contributed by atoms with Gasteiger partial charge in [-0.1, -0.05) is 6.07 Å². The first-order chi connectivity index (χ1) is 9.05. The molecular formula is C15H23NO3. The number of nitrogens with zero attached hydrogens (tertiary/aromatic N) is 1. The molecule has 1 unspecified atom stereocenters. The second-order valence-electron chi connectivity index (χ2n) is 5.49. The highest BCUT2D eigenvalue weighted by Gasteiger charge is 2.18. The van der Waals surface area contributed by atoms with Gasteiger partial charge in [0.15, 0.2) is 6.29 Å². The summed E-state index contributed by atoms with van der Waals surface area (Å²) in [6.07, 6.45) is 3.98. The Morgan fingerprint density at radius 2 is 2.26 bits per heavy atom. The lowest BCUT2D eigenvalue weighted by Gasteiger charge is -2.22. The molecule has 1 aliphatic rings. The molecule has 0 aliphatic carbocycles. The summed E-state index contributed by atoms with van der Waals surface area (Å²) in [7, 11) is 0. The summed E-state index contributed by atoms with van der Waals surface area (Å²) >= 11 is 0. The number of pyridine rings is 1. The summed E-state index contributed by atoms with van der Waals surface area (Å²) in [5.74, 6) is 0. The first-order valence-corrected chi connectivity index (χ1v) is 6.98. The van der Waals surface area contributed by atoms with Crippen molar-refractivity contribution in [3.63, 3.8) is 0 Å². The molecule has 1 N–H and O–H groups in total. The van der Waals surface area contributed by atoms with Crippen molar-refractivity contribution in [3.8, 4) is 0 Å². The van der Waals surface area contributed by atoms with Crippen LogP contribution in [0.1, 0.15) is 44.5 Å². The van der Waals surface area contributed by atoms with E-state index < -0.39 is 5.60 Å². The van der Waals surface area contributed by atoms with Gasteiger partial charge in [-0.25, -0.2) is 0 Å². The topological polar surface area (TPSA) is 51.6 Å². The van der Waals surface area contributed by atoms with Crippen LogP contribution in [0.4, 0.5) is 0 Å². The molecule has 2 heterocycles. The molecule has 0 radical (unpaired) electrons. The van der Waals surface area contributed by atoms with Gasteiger partial charge in [0.2, 0.25) is 0 Å². The minimum Gasteiger partial charge on any atom is -0.384 e. The molecule has 4 heteroatoms. The van der Waals surface area contributed by atoms with Crippen molar-refractivity contribution in [2.24, 2.45) is 0 Å². The molecule has 106 valence electrons. The molecule has 0 saturated carbocycles. The van der Waals surface area contributed by atoms with E-state index in [0.29, 0.717) is 12.3 Å². The molecule has 1 aromatic rings. The third kappa shape index (κ3) is 4.56. The summed E-state index contributed by atoms with van der Waals surface area (Å²) in [6.45, 7) is 4.89. The van der Waals surface area contributed by atoms with Gasteiger partial charge in [0.1, 0.15) is 5.60 Å². The van der Waals surface area contributed by atoms with E-state index in [1.54, 1.807) is 13.8 Å². The average molecular weight is 265 g/mol. The summed E-state index contributed by atoms with van der Waals surface area (Å²) in [4.78, 5) is 4.46. The van der Waals surface area contributed by atoms with Crippen LogP contribution < -0.4 is 0 Å². The maximum atomic E-state index is 9.93. The minimum atomic E-state index is -0.899. The van der Waals surface area contributed by atoms with Crippen LogP contribution in [-0.2, 0) is 21.5 Å². The molecule has 19 heavy (non-hydrogen) atoms. The van der Waals surface area contributed by atoms with E-state index >= 15 is 0 Å². The molecule has 0 amide bonds. The zero-order valence-electron chi connectivity index (χ0n) is 11.8. The Balaban J connectivity index is 1.82. The summed E-state index contributed by atoms with van der Waals surface area (Å²) < 4.78 is 11.2. The van der Waals surface area contributed by atoms with Crippen LogP contribution in [0.5, 0.6) is 0 Å². The zero-order valence-corrected chi connectivity index (χ0v) is 11.8. The van der Waals surface area contributed by atoms with Crippen molar-refractivity contribution < 1.29 is 14.6 Å². The fraction of sp³-hybridized carbons (Fsp3) is 0.667. The molecule has 2 rings (SSSR count). The Morgan fingerprint density at radius 1 is 1.42 bits per heavy atom. The molecular weight excluding hydrogens is 242 g/mol. The fourth-order valence-electron chi connectivity index (χ4n) is 2.10. The normalized spacial score (nSPS) is 20.5. The molecule has 1 fully saturated rings. The van der Waals surface area contributed by atoms with Crippen molar-refractivity contribution in [3.05, 3.63) is 29.6 Å². The van der Waals surface area contributed by atoms with Gasteiger partial charge in [0, 0.05) is 18.7 Å². The van der Waals surface area contributed by atoms with Gasteiger partial charge in [-0.15, -0.1) is 0 Å². The van der Waals surface area contributed by atoms with Crippen LogP contribution >= 0.6 is 0 Å². The van der Waals surface area contributed by atoms with Crippen molar-refractivity contribution in [1.82, 2.24) is 4.98 Å².